The number of rotatable bonds is 5. The van der Waals surface area contributed by atoms with E-state index in [0.717, 1.165) is 24.3 Å². The second-order valence-electron chi connectivity index (χ2n) is 7.33. The van der Waals surface area contributed by atoms with Gasteiger partial charge < -0.3 is 19.0 Å². The maximum atomic E-state index is 13.2. The predicted octanol–water partition coefficient (Wildman–Crippen LogP) is 3.66. The highest BCUT2D eigenvalue weighted by Crippen LogP contribution is 2.28. The van der Waals surface area contributed by atoms with E-state index < -0.39 is 0 Å². The third-order valence-electron chi connectivity index (χ3n) is 5.47. The lowest BCUT2D eigenvalue weighted by Crippen LogP contribution is -2.53. The van der Waals surface area contributed by atoms with Gasteiger partial charge in [0.25, 0.3) is 5.91 Å². The maximum absolute atomic E-state index is 13.2. The van der Waals surface area contributed by atoms with Crippen LogP contribution in [0.25, 0.3) is 0 Å². The molecular formula is C21H28N2O3. The molecule has 0 bridgehead atoms. The summed E-state index contributed by atoms with van der Waals surface area (Å²) < 4.78 is 10.6. The van der Waals surface area contributed by atoms with E-state index in [2.05, 4.69) is 25.8 Å². The normalized spacial score (nSPS) is 23.6. The molecule has 140 valence electrons. The fourth-order valence-corrected chi connectivity index (χ4v) is 3.76. The molecule has 1 aliphatic rings. The Morgan fingerprint density at radius 2 is 2.00 bits per heavy atom. The first-order valence-corrected chi connectivity index (χ1v) is 9.17. The molecule has 26 heavy (non-hydrogen) atoms. The number of carbonyl (C=O) groups excluding carboxylic acids is 1. The molecule has 1 fully saturated rings. The molecule has 0 unspecified atom stereocenters. The Hall–Kier alpha value is -2.27. The Bertz CT molecular complexity index is 711. The molecule has 0 saturated carbocycles. The number of likely N-dealkylation sites (tertiary alicyclic amines) is 1. The first kappa shape index (κ1) is 18.5. The molecule has 3 atom stereocenters. The summed E-state index contributed by atoms with van der Waals surface area (Å²) in [4.78, 5) is 17.5. The largest absolute Gasteiger partial charge is 0.497 e. The Kier molecular flexibility index (Phi) is 5.67. The summed E-state index contributed by atoms with van der Waals surface area (Å²) in [5, 5.41) is 0. The van der Waals surface area contributed by atoms with E-state index in [4.69, 9.17) is 9.15 Å². The van der Waals surface area contributed by atoms with Crippen LogP contribution in [-0.2, 0) is 6.54 Å². The van der Waals surface area contributed by atoms with Crippen LogP contribution in [-0.4, -0.2) is 48.5 Å². The minimum atomic E-state index is -0.0422. The van der Waals surface area contributed by atoms with Gasteiger partial charge in [0.15, 0.2) is 5.76 Å². The van der Waals surface area contributed by atoms with Crippen molar-refractivity contribution in [1.29, 1.82) is 0 Å². The quantitative estimate of drug-likeness (QED) is 0.820. The van der Waals surface area contributed by atoms with Gasteiger partial charge in [0.05, 0.1) is 13.4 Å². The minimum absolute atomic E-state index is 0.0422. The van der Waals surface area contributed by atoms with Crippen molar-refractivity contribution in [2.75, 3.05) is 20.7 Å². The topological polar surface area (TPSA) is 45.9 Å². The third-order valence-corrected chi connectivity index (χ3v) is 5.47. The average Bonchev–Trinajstić information content (AvgIpc) is 3.18. The van der Waals surface area contributed by atoms with Gasteiger partial charge in [0.1, 0.15) is 5.75 Å². The van der Waals surface area contributed by atoms with Gasteiger partial charge in [-0.2, -0.15) is 0 Å². The fraction of sp³-hybridized carbons (Fsp3) is 0.476. The molecule has 0 aliphatic carbocycles. The number of amides is 1. The molecule has 1 aromatic heterocycles. The first-order valence-electron chi connectivity index (χ1n) is 9.17. The number of hydrogen-bond acceptors (Lipinski definition) is 4. The van der Waals surface area contributed by atoms with Crippen LogP contribution in [0.5, 0.6) is 5.75 Å². The van der Waals surface area contributed by atoms with E-state index in [9.17, 15) is 4.79 Å². The maximum Gasteiger partial charge on any atom is 0.290 e. The van der Waals surface area contributed by atoms with Crippen molar-refractivity contribution in [2.24, 2.45) is 5.92 Å². The zero-order chi connectivity index (χ0) is 18.7. The summed E-state index contributed by atoms with van der Waals surface area (Å²) in [6.45, 7) is 6.00. The number of nitrogens with zero attached hydrogens (tertiary/aromatic N) is 2. The molecular weight excluding hydrogens is 328 g/mol. The molecule has 0 radical (unpaired) electrons. The molecule has 3 rings (SSSR count). The highest BCUT2D eigenvalue weighted by atomic mass is 16.5. The monoisotopic (exact) mass is 356 g/mol. The SMILES string of the molecule is COc1ccc(CN(C(=O)c2ccco2)[C@@H]2C[C@H](C)N(C)C[C@@H]2C)cc1. The molecule has 0 N–H and O–H groups in total. The molecule has 1 saturated heterocycles. The van der Waals surface area contributed by atoms with Gasteiger partial charge in [0.2, 0.25) is 0 Å². The van der Waals surface area contributed by atoms with E-state index in [-0.39, 0.29) is 11.9 Å². The van der Waals surface area contributed by atoms with Crippen LogP contribution < -0.4 is 4.74 Å². The van der Waals surface area contributed by atoms with Gasteiger partial charge in [-0.1, -0.05) is 19.1 Å². The zero-order valence-corrected chi connectivity index (χ0v) is 16.0. The summed E-state index contributed by atoms with van der Waals surface area (Å²) in [7, 11) is 3.81. The fourth-order valence-electron chi connectivity index (χ4n) is 3.76. The zero-order valence-electron chi connectivity index (χ0n) is 16.0. The van der Waals surface area contributed by atoms with Crippen molar-refractivity contribution in [3.8, 4) is 5.75 Å². The molecule has 5 nitrogen and oxygen atoms in total. The van der Waals surface area contributed by atoms with Crippen LogP contribution >= 0.6 is 0 Å². The summed E-state index contributed by atoms with van der Waals surface area (Å²) in [6, 6.07) is 12.0. The van der Waals surface area contributed by atoms with Crippen LogP contribution in [0.2, 0.25) is 0 Å². The van der Waals surface area contributed by atoms with Crippen LogP contribution in [0.15, 0.2) is 47.1 Å². The van der Waals surface area contributed by atoms with E-state index in [1.54, 1.807) is 25.5 Å². The van der Waals surface area contributed by atoms with Crippen LogP contribution in [0.4, 0.5) is 0 Å². The van der Waals surface area contributed by atoms with Gasteiger partial charge in [0, 0.05) is 25.2 Å². The lowest BCUT2D eigenvalue weighted by molar-refractivity contribution is 0.0290. The number of ether oxygens (including phenoxy) is 1. The number of benzene rings is 1. The van der Waals surface area contributed by atoms with Crippen molar-refractivity contribution < 1.29 is 13.9 Å². The van der Waals surface area contributed by atoms with E-state index in [0.29, 0.717) is 24.3 Å². The minimum Gasteiger partial charge on any atom is -0.497 e. The molecule has 2 heterocycles. The number of carbonyl (C=O) groups is 1. The Balaban J connectivity index is 1.87. The van der Waals surface area contributed by atoms with Gasteiger partial charge in [-0.05, 0) is 56.1 Å². The molecule has 0 spiro atoms. The standard InChI is InChI=1S/C21H28N2O3/c1-15-13-22(3)16(2)12-19(15)23(21(24)20-6-5-11-26-20)14-17-7-9-18(25-4)10-8-17/h5-11,15-16,19H,12-14H2,1-4H3/t15-,16-,19+/m0/s1. The van der Waals surface area contributed by atoms with Crippen LogP contribution in [0.1, 0.15) is 36.4 Å². The van der Waals surface area contributed by atoms with E-state index in [1.807, 2.05) is 29.2 Å². The average molecular weight is 356 g/mol. The molecule has 1 aromatic carbocycles. The Labute approximate surface area is 155 Å². The lowest BCUT2D eigenvalue weighted by atomic mass is 9.88. The number of furan rings is 1. The second kappa shape index (κ2) is 7.96. The van der Waals surface area contributed by atoms with Crippen molar-refractivity contribution in [1.82, 2.24) is 9.80 Å². The second-order valence-corrected chi connectivity index (χ2v) is 7.33. The molecule has 2 aromatic rings. The number of hydrogen-bond donors (Lipinski definition) is 0. The molecule has 1 aliphatic heterocycles. The van der Waals surface area contributed by atoms with Crippen molar-refractivity contribution in [3.63, 3.8) is 0 Å². The lowest BCUT2D eigenvalue weighted by Gasteiger charge is -2.44. The Morgan fingerprint density at radius 1 is 1.27 bits per heavy atom. The van der Waals surface area contributed by atoms with E-state index in [1.165, 1.54) is 0 Å². The van der Waals surface area contributed by atoms with Crippen LogP contribution in [0, 0.1) is 5.92 Å². The molecule has 5 heteroatoms. The van der Waals surface area contributed by atoms with Gasteiger partial charge in [-0.3, -0.25) is 4.79 Å². The van der Waals surface area contributed by atoms with Crippen molar-refractivity contribution >= 4 is 5.91 Å². The third kappa shape index (κ3) is 3.93. The van der Waals surface area contributed by atoms with Crippen molar-refractivity contribution in [2.45, 2.75) is 38.9 Å². The van der Waals surface area contributed by atoms with Gasteiger partial charge in [-0.25, -0.2) is 0 Å². The smallest absolute Gasteiger partial charge is 0.290 e. The highest BCUT2D eigenvalue weighted by Gasteiger charge is 2.36. The van der Waals surface area contributed by atoms with E-state index >= 15 is 0 Å². The Morgan fingerprint density at radius 3 is 2.62 bits per heavy atom. The summed E-state index contributed by atoms with van der Waals surface area (Å²) in [6.07, 6.45) is 2.51. The number of methoxy groups -OCH3 is 1. The summed E-state index contributed by atoms with van der Waals surface area (Å²) in [5.74, 6) is 1.57. The summed E-state index contributed by atoms with van der Waals surface area (Å²) >= 11 is 0. The van der Waals surface area contributed by atoms with Gasteiger partial charge in [-0.15, -0.1) is 0 Å². The van der Waals surface area contributed by atoms with Gasteiger partial charge >= 0.3 is 0 Å². The van der Waals surface area contributed by atoms with Crippen LogP contribution in [0.3, 0.4) is 0 Å². The highest BCUT2D eigenvalue weighted by molar-refractivity contribution is 5.91. The summed E-state index contributed by atoms with van der Waals surface area (Å²) in [5.41, 5.74) is 1.09. The molecule has 1 amide bonds. The first-order chi connectivity index (χ1) is 12.5. The predicted molar refractivity (Wildman–Crippen MR) is 101 cm³/mol. The number of piperidine rings is 1. The van der Waals surface area contributed by atoms with Crippen molar-refractivity contribution in [3.05, 3.63) is 54.0 Å².